The van der Waals surface area contributed by atoms with Gasteiger partial charge in [-0.2, -0.15) is 0 Å². The van der Waals surface area contributed by atoms with Gasteiger partial charge in [0.1, 0.15) is 11.4 Å². The predicted octanol–water partition coefficient (Wildman–Crippen LogP) is 11.0. The molecule has 0 saturated carbocycles. The number of para-hydroxylation sites is 1. The van der Waals surface area contributed by atoms with Crippen molar-refractivity contribution in [3.05, 3.63) is 89.6 Å². The minimum absolute atomic E-state index is 0. The average molecular weight is 773 g/mol. The zero-order valence-corrected chi connectivity index (χ0v) is 29.2. The first-order valence-electron chi connectivity index (χ1n) is 15.5. The molecule has 0 atom stereocenters. The maximum absolute atomic E-state index is 15.1. The molecular weight excluding hydrogens is 730 g/mol. The van der Waals surface area contributed by atoms with E-state index in [4.69, 9.17) is 4.42 Å². The number of halogens is 1. The van der Waals surface area contributed by atoms with Crippen LogP contribution in [0.5, 0.6) is 0 Å². The van der Waals surface area contributed by atoms with Gasteiger partial charge in [-0.05, 0) is 60.4 Å². The zero-order valence-electron chi connectivity index (χ0n) is 26.8. The van der Waals surface area contributed by atoms with Gasteiger partial charge < -0.3 is 14.5 Å². The van der Waals surface area contributed by atoms with Crippen LogP contribution in [0.4, 0.5) is 4.39 Å². The van der Waals surface area contributed by atoms with Crippen LogP contribution < -0.4 is 0 Å². The Bertz CT molecular complexity index is 1760. The molecule has 2 aromatic heterocycles. The van der Waals surface area contributed by atoms with Crippen molar-refractivity contribution in [2.45, 2.75) is 80.1 Å². The van der Waals surface area contributed by atoms with Gasteiger partial charge in [0.15, 0.2) is 5.78 Å². The van der Waals surface area contributed by atoms with Gasteiger partial charge >= 0.3 is 0 Å². The fourth-order valence-electron chi connectivity index (χ4n) is 5.73. The summed E-state index contributed by atoms with van der Waals surface area (Å²) < 4.78 is 21.3. The molecule has 4 nitrogen and oxygen atoms in total. The standard InChI is InChI=1S/C25H19FNO.C13H24O2.Ir/c1-14(2)16-8-9-19-18(23(16)26)10-11-27-24(19)21-13-15(3)12-20-17-6-4-5-7-22(17)28-25(20)21;1-5-10(6-2)12(14)9-13(15)11(7-3)8-4;/h4-12,14H,1-3H3;9-11,14H,5-8H2,1-4H3;/q-1;;/b;12-9-;. The number of carbonyl (C=O) groups is 1. The normalized spacial score (nSPS) is 11.8. The van der Waals surface area contributed by atoms with Crippen LogP contribution in [0.3, 0.4) is 0 Å². The first-order chi connectivity index (χ1) is 20.6. The molecule has 235 valence electrons. The van der Waals surface area contributed by atoms with Crippen LogP contribution in [0.1, 0.15) is 84.3 Å². The third-order valence-corrected chi connectivity index (χ3v) is 8.39. The summed E-state index contributed by atoms with van der Waals surface area (Å²) in [5.41, 5.74) is 4.73. The van der Waals surface area contributed by atoms with Gasteiger partial charge in [-0.3, -0.25) is 4.79 Å². The first-order valence-corrected chi connectivity index (χ1v) is 15.5. The molecule has 0 aliphatic heterocycles. The van der Waals surface area contributed by atoms with Gasteiger partial charge in [0.25, 0.3) is 0 Å². The molecule has 5 aromatic rings. The molecule has 0 saturated heterocycles. The van der Waals surface area contributed by atoms with E-state index in [-0.39, 0.29) is 55.2 Å². The first kappa shape index (κ1) is 35.1. The minimum atomic E-state index is -0.176. The summed E-state index contributed by atoms with van der Waals surface area (Å²) in [6.45, 7) is 14.1. The molecule has 0 unspecified atom stereocenters. The Balaban J connectivity index is 0.000000286. The summed E-state index contributed by atoms with van der Waals surface area (Å²) >= 11 is 0. The molecular formula is C38H43FIrNO3-. The summed E-state index contributed by atoms with van der Waals surface area (Å²) in [5.74, 6) is 0.490. The monoisotopic (exact) mass is 773 g/mol. The average Bonchev–Trinajstić information content (AvgIpc) is 3.36. The largest absolute Gasteiger partial charge is 0.512 e. The fourth-order valence-corrected chi connectivity index (χ4v) is 5.73. The van der Waals surface area contributed by atoms with Crippen LogP contribution in [0.2, 0.25) is 0 Å². The third-order valence-electron chi connectivity index (χ3n) is 8.39. The molecule has 0 bridgehead atoms. The van der Waals surface area contributed by atoms with E-state index in [0.29, 0.717) is 16.6 Å². The van der Waals surface area contributed by atoms with Gasteiger partial charge in [0, 0.05) is 55.0 Å². The molecule has 0 aliphatic rings. The SMILES string of the molecule is CCC(CC)C(=O)/C=C(\O)C(CC)CC.Cc1[c-]c(-c2nccc3c(F)c(C(C)C)ccc23)c2oc3ccccc3c2c1.[Ir]. The summed E-state index contributed by atoms with van der Waals surface area (Å²) in [5, 5.41) is 13.2. The van der Waals surface area contributed by atoms with Crippen molar-refractivity contribution in [3.63, 3.8) is 0 Å². The number of hydrogen-bond donors (Lipinski definition) is 1. The number of allylic oxidation sites excluding steroid dienone is 2. The van der Waals surface area contributed by atoms with Crippen molar-refractivity contribution in [3.8, 4) is 11.3 Å². The van der Waals surface area contributed by atoms with Gasteiger partial charge in [-0.1, -0.05) is 89.7 Å². The van der Waals surface area contributed by atoms with Crippen molar-refractivity contribution in [2.24, 2.45) is 11.8 Å². The second-order valence-electron chi connectivity index (χ2n) is 11.5. The Morgan fingerprint density at radius 1 is 0.932 bits per heavy atom. The molecule has 44 heavy (non-hydrogen) atoms. The van der Waals surface area contributed by atoms with Crippen molar-refractivity contribution >= 4 is 38.5 Å². The van der Waals surface area contributed by atoms with Crippen molar-refractivity contribution in [2.75, 3.05) is 0 Å². The van der Waals surface area contributed by atoms with E-state index < -0.39 is 0 Å². The molecule has 0 amide bonds. The molecule has 1 N–H and O–H groups in total. The number of aryl methyl sites for hydroxylation is 1. The summed E-state index contributed by atoms with van der Waals surface area (Å²) in [6.07, 6.45) is 6.57. The van der Waals surface area contributed by atoms with E-state index in [1.165, 1.54) is 6.08 Å². The van der Waals surface area contributed by atoms with E-state index in [2.05, 4.69) is 23.2 Å². The van der Waals surface area contributed by atoms with Crippen LogP contribution in [0.25, 0.3) is 44.0 Å². The number of furan rings is 1. The summed E-state index contributed by atoms with van der Waals surface area (Å²) in [6, 6.07) is 19.0. The van der Waals surface area contributed by atoms with Gasteiger partial charge in [-0.25, -0.2) is 4.39 Å². The number of ketones is 1. The van der Waals surface area contributed by atoms with Crippen LogP contribution in [0, 0.1) is 30.6 Å². The van der Waals surface area contributed by atoms with Crippen molar-refractivity contribution in [1.29, 1.82) is 0 Å². The number of pyridine rings is 1. The summed E-state index contributed by atoms with van der Waals surface area (Å²) in [7, 11) is 0. The smallest absolute Gasteiger partial charge is 0.162 e. The topological polar surface area (TPSA) is 63.3 Å². The van der Waals surface area contributed by atoms with Crippen molar-refractivity contribution in [1.82, 2.24) is 4.98 Å². The van der Waals surface area contributed by atoms with E-state index >= 15 is 4.39 Å². The number of carbonyl (C=O) groups excluding carboxylic acids is 1. The number of nitrogens with zero attached hydrogens (tertiary/aromatic N) is 1. The Kier molecular flexibility index (Phi) is 12.5. The Morgan fingerprint density at radius 3 is 2.23 bits per heavy atom. The quantitative estimate of drug-likeness (QED) is 0.0921. The number of aliphatic hydroxyl groups excluding tert-OH is 1. The van der Waals surface area contributed by atoms with E-state index in [1.807, 2.05) is 78.8 Å². The number of hydrogen-bond acceptors (Lipinski definition) is 4. The van der Waals surface area contributed by atoms with Gasteiger partial charge in [0.2, 0.25) is 0 Å². The molecule has 0 spiro atoms. The number of benzene rings is 3. The zero-order chi connectivity index (χ0) is 31.3. The van der Waals surface area contributed by atoms with E-state index in [1.54, 1.807) is 12.3 Å². The molecule has 2 heterocycles. The maximum atomic E-state index is 15.1. The Morgan fingerprint density at radius 2 is 1.59 bits per heavy atom. The van der Waals surface area contributed by atoms with Gasteiger partial charge in [-0.15, -0.1) is 17.7 Å². The van der Waals surface area contributed by atoms with Crippen molar-refractivity contribution < 1.29 is 38.8 Å². The number of rotatable bonds is 9. The van der Waals surface area contributed by atoms with Crippen LogP contribution in [-0.2, 0) is 24.9 Å². The summed E-state index contributed by atoms with van der Waals surface area (Å²) in [4.78, 5) is 16.3. The Labute approximate surface area is 274 Å². The second-order valence-corrected chi connectivity index (χ2v) is 11.5. The minimum Gasteiger partial charge on any atom is -0.512 e. The molecule has 3 aromatic carbocycles. The van der Waals surface area contributed by atoms with Gasteiger partial charge in [0.05, 0.1) is 11.3 Å². The molecule has 0 aliphatic carbocycles. The molecule has 5 rings (SSSR count). The van der Waals surface area contributed by atoms with E-state index in [9.17, 15) is 9.90 Å². The number of fused-ring (bicyclic) bond motifs is 4. The predicted molar refractivity (Wildman–Crippen MR) is 176 cm³/mol. The maximum Gasteiger partial charge on any atom is 0.162 e. The van der Waals surface area contributed by atoms with E-state index in [0.717, 1.165) is 64.1 Å². The fraction of sp³-hybridized carbons (Fsp3) is 0.368. The second kappa shape index (κ2) is 15.6. The molecule has 1 radical (unpaired) electrons. The Hall–Kier alpha value is -3.34. The van der Waals surface area contributed by atoms with Crippen LogP contribution >= 0.6 is 0 Å². The van der Waals surface area contributed by atoms with Crippen LogP contribution in [0.15, 0.2) is 71.0 Å². The van der Waals surface area contributed by atoms with Crippen LogP contribution in [-0.4, -0.2) is 15.9 Å². The third kappa shape index (κ3) is 7.30. The number of aliphatic hydroxyl groups is 1. The molecule has 0 fully saturated rings. The molecule has 6 heteroatoms. The number of aromatic nitrogens is 1.